The van der Waals surface area contributed by atoms with E-state index in [0.717, 1.165) is 44.5 Å². The highest BCUT2D eigenvalue weighted by Crippen LogP contribution is 2.27. The van der Waals surface area contributed by atoms with Crippen LogP contribution in [0.5, 0.6) is 0 Å². The molecule has 0 spiro atoms. The van der Waals surface area contributed by atoms with Crippen molar-refractivity contribution in [2.45, 2.75) is 20.8 Å². The molecule has 3 heteroatoms. The largest absolute Gasteiger partial charge is 0.322 e. The zero-order valence-electron chi connectivity index (χ0n) is 16.3. The summed E-state index contributed by atoms with van der Waals surface area (Å²) in [5, 5.41) is 3.95. The quantitative estimate of drug-likeness (QED) is 0.477. The van der Waals surface area contributed by atoms with E-state index >= 15 is 0 Å². The third-order valence-electron chi connectivity index (χ3n) is 4.92. The van der Waals surface area contributed by atoms with Gasteiger partial charge in [-0.1, -0.05) is 54.1 Å². The number of fused-ring (bicyclic) bond motifs is 1. The number of hydrogen-bond donors (Lipinski definition) is 1. The zero-order chi connectivity index (χ0) is 19.7. The molecule has 0 radical (unpaired) electrons. The molecule has 28 heavy (non-hydrogen) atoms. The summed E-state index contributed by atoms with van der Waals surface area (Å²) in [6.07, 6.45) is 0. The van der Waals surface area contributed by atoms with Crippen molar-refractivity contribution in [1.29, 1.82) is 0 Å². The van der Waals surface area contributed by atoms with Gasteiger partial charge in [-0.3, -0.25) is 4.79 Å². The third kappa shape index (κ3) is 3.52. The Labute approximate surface area is 165 Å². The van der Waals surface area contributed by atoms with Crippen molar-refractivity contribution >= 4 is 22.5 Å². The fourth-order valence-corrected chi connectivity index (χ4v) is 3.34. The topological polar surface area (TPSA) is 42.0 Å². The molecule has 0 unspecified atom stereocenters. The number of amides is 1. The first-order valence-electron chi connectivity index (χ1n) is 9.37. The lowest BCUT2D eigenvalue weighted by molar-refractivity contribution is 0.102. The minimum absolute atomic E-state index is 0.121. The minimum atomic E-state index is -0.121. The van der Waals surface area contributed by atoms with Gasteiger partial charge in [-0.2, -0.15) is 0 Å². The van der Waals surface area contributed by atoms with Crippen LogP contribution in [0.2, 0.25) is 0 Å². The Hall–Kier alpha value is -3.46. The maximum Gasteiger partial charge on any atom is 0.256 e. The fraction of sp³-hybridized carbons (Fsp3) is 0.120. The molecule has 1 N–H and O–H groups in total. The molecule has 0 aliphatic rings. The lowest BCUT2D eigenvalue weighted by atomic mass is 10.0. The number of rotatable bonds is 3. The first-order valence-corrected chi connectivity index (χ1v) is 9.37. The monoisotopic (exact) mass is 366 g/mol. The van der Waals surface area contributed by atoms with Gasteiger partial charge in [0, 0.05) is 16.6 Å². The van der Waals surface area contributed by atoms with E-state index < -0.39 is 0 Å². The molecule has 1 amide bonds. The highest BCUT2D eigenvalue weighted by atomic mass is 16.1. The van der Waals surface area contributed by atoms with E-state index in [1.54, 1.807) is 0 Å². The van der Waals surface area contributed by atoms with Crippen molar-refractivity contribution in [2.24, 2.45) is 0 Å². The number of pyridine rings is 1. The van der Waals surface area contributed by atoms with E-state index in [4.69, 9.17) is 4.98 Å². The van der Waals surface area contributed by atoms with Gasteiger partial charge in [-0.25, -0.2) is 4.98 Å². The average Bonchev–Trinajstić information content (AvgIpc) is 2.70. The van der Waals surface area contributed by atoms with Gasteiger partial charge >= 0.3 is 0 Å². The Kier molecular flexibility index (Phi) is 4.66. The van der Waals surface area contributed by atoms with Crippen LogP contribution in [0.1, 0.15) is 27.0 Å². The molecule has 138 valence electrons. The van der Waals surface area contributed by atoms with Crippen LogP contribution in [-0.4, -0.2) is 10.9 Å². The smallest absolute Gasteiger partial charge is 0.256 e. The Morgan fingerprint density at radius 2 is 1.54 bits per heavy atom. The molecular weight excluding hydrogens is 344 g/mol. The molecule has 0 aliphatic heterocycles. The number of benzene rings is 3. The Balaban J connectivity index is 1.85. The Morgan fingerprint density at radius 3 is 2.32 bits per heavy atom. The third-order valence-corrected chi connectivity index (χ3v) is 4.92. The summed E-state index contributed by atoms with van der Waals surface area (Å²) in [6.45, 7) is 6.05. The van der Waals surface area contributed by atoms with E-state index in [1.165, 1.54) is 0 Å². The maximum absolute atomic E-state index is 13.2. The van der Waals surface area contributed by atoms with Gasteiger partial charge in [0.05, 0.1) is 16.8 Å². The van der Waals surface area contributed by atoms with Gasteiger partial charge in [-0.15, -0.1) is 0 Å². The van der Waals surface area contributed by atoms with Crippen molar-refractivity contribution < 1.29 is 4.79 Å². The van der Waals surface area contributed by atoms with Crippen LogP contribution in [0.3, 0.4) is 0 Å². The minimum Gasteiger partial charge on any atom is -0.322 e. The first kappa shape index (κ1) is 17.9. The molecule has 0 bridgehead atoms. The second-order valence-electron chi connectivity index (χ2n) is 7.21. The van der Waals surface area contributed by atoms with Crippen LogP contribution in [0, 0.1) is 20.8 Å². The van der Waals surface area contributed by atoms with E-state index in [-0.39, 0.29) is 5.91 Å². The number of hydrogen-bond acceptors (Lipinski definition) is 2. The van der Waals surface area contributed by atoms with Crippen molar-refractivity contribution in [3.8, 4) is 11.3 Å². The highest BCUT2D eigenvalue weighted by Gasteiger charge is 2.15. The molecule has 3 aromatic carbocycles. The van der Waals surface area contributed by atoms with E-state index in [9.17, 15) is 4.79 Å². The van der Waals surface area contributed by atoms with E-state index in [0.29, 0.717) is 5.56 Å². The molecule has 1 aromatic heterocycles. The number of anilines is 1. The van der Waals surface area contributed by atoms with Gasteiger partial charge in [0.2, 0.25) is 0 Å². The molecular formula is C25H22N2O. The summed E-state index contributed by atoms with van der Waals surface area (Å²) in [5.74, 6) is -0.121. The molecule has 4 aromatic rings. The van der Waals surface area contributed by atoms with Crippen molar-refractivity contribution in [1.82, 2.24) is 4.98 Å². The molecule has 0 saturated carbocycles. The Morgan fingerprint density at radius 1 is 0.821 bits per heavy atom. The molecule has 0 fully saturated rings. The second kappa shape index (κ2) is 7.28. The van der Waals surface area contributed by atoms with Gasteiger partial charge in [0.15, 0.2) is 0 Å². The number of aromatic nitrogens is 1. The maximum atomic E-state index is 13.2. The van der Waals surface area contributed by atoms with Gasteiger partial charge in [0.25, 0.3) is 5.91 Å². The van der Waals surface area contributed by atoms with Gasteiger partial charge in [0.1, 0.15) is 0 Å². The summed E-state index contributed by atoms with van der Waals surface area (Å²) >= 11 is 0. The van der Waals surface area contributed by atoms with Crippen LogP contribution in [0.4, 0.5) is 5.69 Å². The van der Waals surface area contributed by atoms with Crippen LogP contribution in [0.15, 0.2) is 72.8 Å². The predicted molar refractivity (Wildman–Crippen MR) is 116 cm³/mol. The summed E-state index contributed by atoms with van der Waals surface area (Å²) < 4.78 is 0. The normalized spacial score (nSPS) is 10.8. The predicted octanol–water partition coefficient (Wildman–Crippen LogP) is 6.08. The molecule has 0 saturated heterocycles. The highest BCUT2D eigenvalue weighted by molar-refractivity contribution is 6.13. The standard InChI is InChI=1S/C25H22N2O/c1-16-10-12-22-20(13-16)21(15-24(26-22)19-7-5-4-6-8-19)25(28)27-23-14-17(2)9-11-18(23)3/h4-15H,1-3H3,(H,27,28). The lowest BCUT2D eigenvalue weighted by Crippen LogP contribution is -2.14. The molecule has 3 nitrogen and oxygen atoms in total. The van der Waals surface area contributed by atoms with Crippen LogP contribution < -0.4 is 5.32 Å². The number of carbonyl (C=O) groups is 1. The number of aryl methyl sites for hydroxylation is 3. The second-order valence-corrected chi connectivity index (χ2v) is 7.21. The molecule has 1 heterocycles. The van der Waals surface area contributed by atoms with Crippen molar-refractivity contribution in [3.05, 3.63) is 95.1 Å². The number of nitrogens with one attached hydrogen (secondary N) is 1. The summed E-state index contributed by atoms with van der Waals surface area (Å²) in [4.78, 5) is 18.0. The van der Waals surface area contributed by atoms with Crippen molar-refractivity contribution in [2.75, 3.05) is 5.32 Å². The van der Waals surface area contributed by atoms with E-state index in [1.807, 2.05) is 93.6 Å². The van der Waals surface area contributed by atoms with Crippen LogP contribution in [0.25, 0.3) is 22.2 Å². The summed E-state index contributed by atoms with van der Waals surface area (Å²) in [6, 6.07) is 23.9. The van der Waals surface area contributed by atoms with E-state index in [2.05, 4.69) is 5.32 Å². The van der Waals surface area contributed by atoms with Crippen LogP contribution >= 0.6 is 0 Å². The average molecular weight is 366 g/mol. The first-order chi connectivity index (χ1) is 13.5. The fourth-order valence-electron chi connectivity index (χ4n) is 3.34. The zero-order valence-corrected chi connectivity index (χ0v) is 16.3. The molecule has 4 rings (SSSR count). The SMILES string of the molecule is Cc1ccc(C)c(NC(=O)c2cc(-c3ccccc3)nc3ccc(C)cc23)c1. The van der Waals surface area contributed by atoms with Crippen LogP contribution in [-0.2, 0) is 0 Å². The molecule has 0 aliphatic carbocycles. The van der Waals surface area contributed by atoms with Gasteiger partial charge in [-0.05, 0) is 56.2 Å². The summed E-state index contributed by atoms with van der Waals surface area (Å²) in [5.41, 5.74) is 7.32. The number of carbonyl (C=O) groups excluding carboxylic acids is 1. The lowest BCUT2D eigenvalue weighted by Gasteiger charge is -2.13. The number of nitrogens with zero attached hydrogens (tertiary/aromatic N) is 1. The van der Waals surface area contributed by atoms with Crippen molar-refractivity contribution in [3.63, 3.8) is 0 Å². The van der Waals surface area contributed by atoms with Gasteiger partial charge < -0.3 is 5.32 Å². The Bertz CT molecular complexity index is 1180. The molecule has 0 atom stereocenters. The summed E-state index contributed by atoms with van der Waals surface area (Å²) in [7, 11) is 0.